The highest BCUT2D eigenvalue weighted by Gasteiger charge is 2.18. The molecule has 0 bridgehead atoms. The first-order valence-electron chi connectivity index (χ1n) is 6.77. The molecular weight excluding hydrogens is 432 g/mol. The summed E-state index contributed by atoms with van der Waals surface area (Å²) in [4.78, 5) is 0. The van der Waals surface area contributed by atoms with Crippen LogP contribution in [0.1, 0.15) is 0 Å². The van der Waals surface area contributed by atoms with Crippen molar-refractivity contribution >= 4 is 86.7 Å². The van der Waals surface area contributed by atoms with Crippen LogP contribution in [0.25, 0.3) is 0 Å². The Morgan fingerprint density at radius 3 is 1.92 bits per heavy atom. The van der Waals surface area contributed by atoms with E-state index >= 15 is 0 Å². The molecule has 0 spiro atoms. The maximum Gasteiger partial charge on any atom is 0.170 e. The monoisotopic (exact) mass is 441 g/mol. The predicted octanol–water partition coefficient (Wildman–Crippen LogP) is 6.35. The van der Waals surface area contributed by atoms with Crippen molar-refractivity contribution in [3.63, 3.8) is 0 Å². The lowest BCUT2D eigenvalue weighted by molar-refractivity contribution is 0.916. The van der Waals surface area contributed by atoms with Crippen molar-refractivity contribution in [2.45, 2.75) is 0 Å². The predicted molar refractivity (Wildman–Crippen MR) is 111 cm³/mol. The van der Waals surface area contributed by atoms with Crippen molar-refractivity contribution in [1.82, 2.24) is 5.32 Å². The second-order valence-corrected chi connectivity index (χ2v) is 6.92. The molecule has 0 saturated carbocycles. The molecule has 0 heterocycles. The summed E-state index contributed by atoms with van der Waals surface area (Å²) in [6.07, 6.45) is 0. The molecule has 0 saturated heterocycles. The zero-order valence-electron chi connectivity index (χ0n) is 12.1. The highest BCUT2D eigenvalue weighted by molar-refractivity contribution is 7.80. The summed E-state index contributed by atoms with van der Waals surface area (Å²) in [5.41, 5.74) is 1.34. The lowest BCUT2D eigenvalue weighted by Gasteiger charge is -2.15. The molecule has 128 valence electrons. The smallest absolute Gasteiger partial charge is 0.170 e. The zero-order chi connectivity index (χ0) is 17.7. The van der Waals surface area contributed by atoms with Gasteiger partial charge >= 0.3 is 0 Å². The number of halogens is 5. The number of hydrogen-bond acceptors (Lipinski definition) is 2. The van der Waals surface area contributed by atoms with Gasteiger partial charge in [-0.2, -0.15) is 0 Å². The Hall–Kier alpha value is -0.620. The molecule has 2 rings (SSSR count). The zero-order valence-corrected chi connectivity index (χ0v) is 16.7. The number of anilines is 2. The third kappa shape index (κ3) is 4.94. The van der Waals surface area contributed by atoms with Crippen molar-refractivity contribution in [1.29, 1.82) is 0 Å². The highest BCUT2D eigenvalue weighted by atomic mass is 35.5. The van der Waals surface area contributed by atoms with Crippen LogP contribution in [0.3, 0.4) is 0 Å². The van der Waals surface area contributed by atoms with Gasteiger partial charge in [0, 0.05) is 18.8 Å². The molecule has 0 aliphatic heterocycles. The molecule has 0 unspecified atom stereocenters. The van der Waals surface area contributed by atoms with Gasteiger partial charge in [0.1, 0.15) is 0 Å². The van der Waals surface area contributed by atoms with Crippen molar-refractivity contribution < 1.29 is 0 Å². The van der Waals surface area contributed by atoms with Gasteiger partial charge in [-0.1, -0.05) is 76.2 Å². The lowest BCUT2D eigenvalue weighted by atomic mass is 10.3. The summed E-state index contributed by atoms with van der Waals surface area (Å²) < 4.78 is 0. The number of para-hydroxylation sites is 1. The Balaban J connectivity index is 1.88. The van der Waals surface area contributed by atoms with Crippen LogP contribution in [0.4, 0.5) is 11.4 Å². The van der Waals surface area contributed by atoms with Gasteiger partial charge in [0.25, 0.3) is 0 Å². The van der Waals surface area contributed by atoms with Gasteiger partial charge in [-0.05, 0) is 24.4 Å². The standard InChI is InChI=1S/C15H12Cl5N3S/c16-9-10(17)12(19)14(13(20)11(9)18)21-6-7-22-15(24)23-8-4-2-1-3-5-8/h1-5,21H,6-7H2,(H2,22,23,24). The Morgan fingerprint density at radius 2 is 1.33 bits per heavy atom. The van der Waals surface area contributed by atoms with E-state index in [0.29, 0.717) is 23.9 Å². The fourth-order valence-corrected chi connectivity index (χ4v) is 3.31. The number of rotatable bonds is 5. The van der Waals surface area contributed by atoms with E-state index < -0.39 is 0 Å². The van der Waals surface area contributed by atoms with E-state index in [0.717, 1.165) is 5.69 Å². The summed E-state index contributed by atoms with van der Waals surface area (Å²) >= 11 is 35.5. The average molecular weight is 444 g/mol. The summed E-state index contributed by atoms with van der Waals surface area (Å²) in [6.45, 7) is 1.02. The van der Waals surface area contributed by atoms with E-state index in [9.17, 15) is 0 Å². The molecule has 3 nitrogen and oxygen atoms in total. The van der Waals surface area contributed by atoms with E-state index in [1.165, 1.54) is 0 Å². The van der Waals surface area contributed by atoms with Gasteiger partial charge in [0.2, 0.25) is 0 Å². The maximum atomic E-state index is 6.14. The number of nitrogens with one attached hydrogen (secondary N) is 3. The second-order valence-electron chi connectivity index (χ2n) is 4.62. The molecule has 0 aliphatic carbocycles. The summed E-state index contributed by atoms with van der Waals surface area (Å²) in [5, 5.41) is 10.6. The fraction of sp³-hybridized carbons (Fsp3) is 0.133. The molecule has 0 aliphatic rings. The van der Waals surface area contributed by atoms with Gasteiger partial charge in [-0.25, -0.2) is 0 Å². The fourth-order valence-electron chi connectivity index (χ4n) is 1.82. The van der Waals surface area contributed by atoms with Gasteiger partial charge in [-0.15, -0.1) is 0 Å². The van der Waals surface area contributed by atoms with E-state index in [1.54, 1.807) is 0 Å². The van der Waals surface area contributed by atoms with Crippen LogP contribution < -0.4 is 16.0 Å². The van der Waals surface area contributed by atoms with Crippen LogP contribution >= 0.6 is 70.2 Å². The van der Waals surface area contributed by atoms with Crippen LogP contribution in [-0.4, -0.2) is 18.2 Å². The van der Waals surface area contributed by atoms with Crippen molar-refractivity contribution in [3.05, 3.63) is 55.4 Å². The Bertz CT molecular complexity index is 711. The maximum absolute atomic E-state index is 6.14. The van der Waals surface area contributed by atoms with Crippen molar-refractivity contribution in [3.8, 4) is 0 Å². The second kappa shape index (κ2) is 9.18. The molecular formula is C15H12Cl5N3S. The molecule has 0 fully saturated rings. The van der Waals surface area contributed by atoms with E-state index in [1.807, 2.05) is 30.3 Å². The minimum Gasteiger partial charge on any atom is -0.381 e. The van der Waals surface area contributed by atoms with Crippen molar-refractivity contribution in [2.75, 3.05) is 23.7 Å². The largest absolute Gasteiger partial charge is 0.381 e. The molecule has 0 amide bonds. The number of benzene rings is 2. The SMILES string of the molecule is S=C(NCCNc1c(Cl)c(Cl)c(Cl)c(Cl)c1Cl)Nc1ccccc1. The molecule has 0 atom stereocenters. The van der Waals surface area contributed by atoms with Crippen LogP contribution in [0.5, 0.6) is 0 Å². The molecule has 2 aromatic rings. The minimum absolute atomic E-state index is 0.130. The number of hydrogen-bond donors (Lipinski definition) is 3. The summed E-state index contributed by atoms with van der Waals surface area (Å²) in [6, 6.07) is 9.61. The molecule has 3 N–H and O–H groups in total. The van der Waals surface area contributed by atoms with E-state index in [2.05, 4.69) is 16.0 Å². The molecule has 24 heavy (non-hydrogen) atoms. The van der Waals surface area contributed by atoms with Crippen LogP contribution in [0.15, 0.2) is 30.3 Å². The van der Waals surface area contributed by atoms with Gasteiger partial charge < -0.3 is 16.0 Å². The van der Waals surface area contributed by atoms with E-state index in [-0.39, 0.29) is 25.1 Å². The Kier molecular flexibility index (Phi) is 7.54. The molecule has 9 heteroatoms. The van der Waals surface area contributed by atoms with E-state index in [4.69, 9.17) is 70.2 Å². The molecule has 0 aromatic heterocycles. The summed E-state index contributed by atoms with van der Waals surface area (Å²) in [5.74, 6) is 0. The van der Waals surface area contributed by atoms with Crippen LogP contribution in [0.2, 0.25) is 25.1 Å². The Labute approximate surface area is 170 Å². The van der Waals surface area contributed by atoms with Gasteiger partial charge in [0.05, 0.1) is 30.8 Å². The normalized spacial score (nSPS) is 10.4. The topological polar surface area (TPSA) is 36.1 Å². The number of thiocarbonyl (C=S) groups is 1. The Morgan fingerprint density at radius 1 is 0.792 bits per heavy atom. The van der Waals surface area contributed by atoms with Crippen LogP contribution in [0, 0.1) is 0 Å². The molecule has 2 aromatic carbocycles. The highest BCUT2D eigenvalue weighted by Crippen LogP contribution is 2.46. The third-order valence-corrected chi connectivity index (χ3v) is 5.48. The average Bonchev–Trinajstić information content (AvgIpc) is 2.58. The van der Waals surface area contributed by atoms with Gasteiger partial charge in [0.15, 0.2) is 5.11 Å². The third-order valence-electron chi connectivity index (χ3n) is 2.95. The molecule has 0 radical (unpaired) electrons. The first-order valence-corrected chi connectivity index (χ1v) is 9.06. The quantitative estimate of drug-likeness (QED) is 0.218. The first kappa shape index (κ1) is 19.7. The van der Waals surface area contributed by atoms with Gasteiger partial charge in [-0.3, -0.25) is 0 Å². The summed E-state index contributed by atoms with van der Waals surface area (Å²) in [7, 11) is 0. The minimum atomic E-state index is 0.130. The van der Waals surface area contributed by atoms with Crippen LogP contribution in [-0.2, 0) is 0 Å². The van der Waals surface area contributed by atoms with Crippen molar-refractivity contribution in [2.24, 2.45) is 0 Å². The first-order chi connectivity index (χ1) is 11.4. The lowest BCUT2D eigenvalue weighted by Crippen LogP contribution is -2.32.